The molecule has 0 amide bonds. The fourth-order valence-corrected chi connectivity index (χ4v) is 3.98. The van der Waals surface area contributed by atoms with Crippen LogP contribution in [-0.4, -0.2) is 33.5 Å². The number of nitrogens with two attached hydrogens (primary N) is 1. The largest absolute Gasteiger partial charge is 0.493 e. The van der Waals surface area contributed by atoms with Gasteiger partial charge in [-0.2, -0.15) is 0 Å². The molecule has 154 valence electrons. The van der Waals surface area contributed by atoms with E-state index in [0.717, 1.165) is 22.3 Å². The summed E-state index contributed by atoms with van der Waals surface area (Å²) in [5.41, 5.74) is 9.69. The molecule has 3 rings (SSSR count). The normalized spacial score (nSPS) is 14.7. The fourth-order valence-electron chi connectivity index (χ4n) is 3.84. The number of fused-ring (bicyclic) bond motifs is 3. The lowest BCUT2D eigenvalue weighted by Gasteiger charge is -2.20. The standard InChI is InChI=1S/C21H25N3O4S/c1-23-15-8-6-12-13(10-16(15)25)14(24-21(22)29)7-5-11-9-17(26-2)19(27-3)20(28-4)18(11)12/h6,8-10,14H,5,7H2,1-4H3,(H,23,25)(H3,22,24,29)/t14-/m0/s1. The topological polar surface area (TPSA) is 94.8 Å². The lowest BCUT2D eigenvalue weighted by Crippen LogP contribution is -2.33. The van der Waals surface area contributed by atoms with Crippen LogP contribution in [0.3, 0.4) is 0 Å². The van der Waals surface area contributed by atoms with Gasteiger partial charge in [0.05, 0.1) is 33.1 Å². The number of thiocarbonyl (C=S) groups is 1. The summed E-state index contributed by atoms with van der Waals surface area (Å²) >= 11 is 5.08. The highest BCUT2D eigenvalue weighted by Gasteiger charge is 2.29. The van der Waals surface area contributed by atoms with Crippen LogP contribution in [0.1, 0.15) is 23.6 Å². The van der Waals surface area contributed by atoms with E-state index in [1.54, 1.807) is 40.5 Å². The Hall–Kier alpha value is -3.00. The molecule has 29 heavy (non-hydrogen) atoms. The van der Waals surface area contributed by atoms with Crippen LogP contribution < -0.4 is 36.0 Å². The summed E-state index contributed by atoms with van der Waals surface area (Å²) in [6.45, 7) is 0. The molecule has 4 N–H and O–H groups in total. The van der Waals surface area contributed by atoms with Crippen molar-refractivity contribution in [2.45, 2.75) is 18.9 Å². The van der Waals surface area contributed by atoms with Gasteiger partial charge in [0.15, 0.2) is 16.6 Å². The Labute approximate surface area is 175 Å². The van der Waals surface area contributed by atoms with E-state index in [2.05, 4.69) is 10.6 Å². The number of hydrogen-bond acceptors (Lipinski definition) is 6. The number of methoxy groups -OCH3 is 3. The average Bonchev–Trinajstić information content (AvgIpc) is 2.95. The van der Waals surface area contributed by atoms with Crippen LogP contribution in [0, 0.1) is 0 Å². The van der Waals surface area contributed by atoms with Crippen molar-refractivity contribution in [3.8, 4) is 28.4 Å². The predicted molar refractivity (Wildman–Crippen MR) is 118 cm³/mol. The van der Waals surface area contributed by atoms with Gasteiger partial charge in [-0.1, -0.05) is 6.07 Å². The summed E-state index contributed by atoms with van der Waals surface area (Å²) in [5.74, 6) is 1.65. The third kappa shape index (κ3) is 3.80. The van der Waals surface area contributed by atoms with Crippen LogP contribution >= 0.6 is 12.2 Å². The van der Waals surface area contributed by atoms with Crippen molar-refractivity contribution < 1.29 is 14.2 Å². The molecule has 0 aliphatic heterocycles. The summed E-state index contributed by atoms with van der Waals surface area (Å²) in [6, 6.07) is 7.04. The Bertz CT molecular complexity index is 1010. The monoisotopic (exact) mass is 415 g/mol. The minimum atomic E-state index is -0.221. The van der Waals surface area contributed by atoms with Crippen LogP contribution in [0.2, 0.25) is 0 Å². The molecule has 1 aliphatic rings. The Kier molecular flexibility index (Phi) is 6.12. The number of rotatable bonds is 5. The summed E-state index contributed by atoms with van der Waals surface area (Å²) in [6.07, 6.45) is 1.39. The van der Waals surface area contributed by atoms with Gasteiger partial charge in [0, 0.05) is 12.6 Å². The average molecular weight is 416 g/mol. The number of benzene rings is 1. The summed E-state index contributed by atoms with van der Waals surface area (Å²) in [7, 11) is 6.47. The first kappa shape index (κ1) is 20.7. The molecular formula is C21H25N3O4S. The zero-order valence-corrected chi connectivity index (χ0v) is 17.7. The Balaban J connectivity index is 2.41. The molecule has 0 bridgehead atoms. The van der Waals surface area contributed by atoms with E-state index in [1.165, 1.54) is 0 Å². The van der Waals surface area contributed by atoms with E-state index in [1.807, 2.05) is 12.1 Å². The molecule has 2 aromatic rings. The lowest BCUT2D eigenvalue weighted by atomic mass is 9.95. The highest BCUT2D eigenvalue weighted by Crippen LogP contribution is 2.50. The van der Waals surface area contributed by atoms with Crippen LogP contribution in [0.5, 0.6) is 17.2 Å². The Morgan fingerprint density at radius 2 is 1.86 bits per heavy atom. The van der Waals surface area contributed by atoms with Gasteiger partial charge >= 0.3 is 0 Å². The number of nitrogens with one attached hydrogen (secondary N) is 2. The van der Waals surface area contributed by atoms with E-state index in [9.17, 15) is 4.79 Å². The van der Waals surface area contributed by atoms with Gasteiger partial charge in [0.2, 0.25) is 11.2 Å². The highest BCUT2D eigenvalue weighted by molar-refractivity contribution is 7.80. The maximum absolute atomic E-state index is 12.7. The van der Waals surface area contributed by atoms with Crippen molar-refractivity contribution in [3.63, 3.8) is 0 Å². The molecule has 0 saturated carbocycles. The number of hydrogen-bond donors (Lipinski definition) is 3. The molecule has 0 saturated heterocycles. The molecule has 0 heterocycles. The summed E-state index contributed by atoms with van der Waals surface area (Å²) in [5, 5.41) is 6.26. The molecule has 2 aromatic carbocycles. The second kappa shape index (κ2) is 8.57. The third-order valence-corrected chi connectivity index (χ3v) is 5.24. The van der Waals surface area contributed by atoms with Crippen molar-refractivity contribution in [2.24, 2.45) is 5.73 Å². The second-order valence-corrected chi connectivity index (χ2v) is 7.09. The molecule has 1 aliphatic carbocycles. The van der Waals surface area contributed by atoms with E-state index >= 15 is 0 Å². The van der Waals surface area contributed by atoms with Gasteiger partial charge in [-0.3, -0.25) is 4.79 Å². The Morgan fingerprint density at radius 1 is 1.14 bits per heavy atom. The van der Waals surface area contributed by atoms with Gasteiger partial charge in [-0.15, -0.1) is 0 Å². The van der Waals surface area contributed by atoms with Crippen molar-refractivity contribution in [1.82, 2.24) is 5.32 Å². The highest BCUT2D eigenvalue weighted by atomic mass is 32.1. The number of aryl methyl sites for hydroxylation is 1. The van der Waals surface area contributed by atoms with Gasteiger partial charge < -0.3 is 30.6 Å². The maximum atomic E-state index is 12.7. The SMILES string of the molecule is CNc1ccc2c(cc1=O)[C@@H](NC(N)=S)CCc1cc(OC)c(OC)c(OC)c1-2. The van der Waals surface area contributed by atoms with Crippen molar-refractivity contribution >= 4 is 23.0 Å². The van der Waals surface area contributed by atoms with Crippen LogP contribution in [0.25, 0.3) is 11.1 Å². The van der Waals surface area contributed by atoms with E-state index in [0.29, 0.717) is 35.8 Å². The smallest absolute Gasteiger partial charge is 0.203 e. The number of anilines is 1. The third-order valence-electron chi connectivity index (χ3n) is 5.12. The van der Waals surface area contributed by atoms with Crippen LogP contribution in [-0.2, 0) is 6.42 Å². The van der Waals surface area contributed by atoms with Gasteiger partial charge in [0.25, 0.3) is 0 Å². The Morgan fingerprint density at radius 3 is 2.45 bits per heavy atom. The minimum Gasteiger partial charge on any atom is -0.493 e. The quantitative estimate of drug-likeness (QED) is 0.642. The first-order valence-corrected chi connectivity index (χ1v) is 9.60. The molecule has 0 aromatic heterocycles. The lowest BCUT2D eigenvalue weighted by molar-refractivity contribution is 0.324. The first-order valence-electron chi connectivity index (χ1n) is 9.19. The van der Waals surface area contributed by atoms with Gasteiger partial charge in [-0.05, 0) is 59.9 Å². The number of ether oxygens (including phenoxy) is 3. The van der Waals surface area contributed by atoms with E-state index in [4.69, 9.17) is 32.2 Å². The summed E-state index contributed by atoms with van der Waals surface area (Å²) < 4.78 is 16.9. The molecule has 0 unspecified atom stereocenters. The molecule has 0 radical (unpaired) electrons. The van der Waals surface area contributed by atoms with Gasteiger partial charge in [-0.25, -0.2) is 0 Å². The molecule has 0 fully saturated rings. The van der Waals surface area contributed by atoms with E-state index in [-0.39, 0.29) is 16.6 Å². The van der Waals surface area contributed by atoms with Gasteiger partial charge in [0.1, 0.15) is 0 Å². The van der Waals surface area contributed by atoms with Crippen molar-refractivity contribution in [1.29, 1.82) is 0 Å². The zero-order valence-electron chi connectivity index (χ0n) is 16.9. The first-order chi connectivity index (χ1) is 13.9. The zero-order chi connectivity index (χ0) is 21.1. The fraction of sp³-hybridized carbons (Fsp3) is 0.333. The molecular weight excluding hydrogens is 390 g/mol. The predicted octanol–water partition coefficient (Wildman–Crippen LogP) is 2.60. The van der Waals surface area contributed by atoms with Crippen molar-refractivity contribution in [3.05, 3.63) is 45.6 Å². The maximum Gasteiger partial charge on any atom is 0.203 e. The molecule has 1 atom stereocenters. The van der Waals surface area contributed by atoms with E-state index < -0.39 is 0 Å². The second-order valence-electron chi connectivity index (χ2n) is 6.65. The van der Waals surface area contributed by atoms with Crippen molar-refractivity contribution in [2.75, 3.05) is 33.7 Å². The van der Waals surface area contributed by atoms with Crippen LogP contribution in [0.4, 0.5) is 5.69 Å². The molecule has 0 spiro atoms. The summed E-state index contributed by atoms with van der Waals surface area (Å²) in [4.78, 5) is 12.7. The molecule has 8 heteroatoms. The van der Waals surface area contributed by atoms with Crippen LogP contribution in [0.15, 0.2) is 29.1 Å². The minimum absolute atomic E-state index is 0.119. The molecule has 7 nitrogen and oxygen atoms in total.